The second-order valence-corrected chi connectivity index (χ2v) is 5.77. The van der Waals surface area contributed by atoms with E-state index in [0.717, 1.165) is 30.5 Å². The summed E-state index contributed by atoms with van der Waals surface area (Å²) in [5.41, 5.74) is 9.34. The minimum absolute atomic E-state index is 0.310. The van der Waals surface area contributed by atoms with Gasteiger partial charge in [-0.25, -0.2) is 0 Å². The number of anilines is 1. The summed E-state index contributed by atoms with van der Waals surface area (Å²) in [5, 5.41) is 3.40. The van der Waals surface area contributed by atoms with Gasteiger partial charge in [0.25, 0.3) is 0 Å². The third kappa shape index (κ3) is 2.40. The number of nitrogens with two attached hydrogens (primary N) is 1. The van der Waals surface area contributed by atoms with Gasteiger partial charge in [-0.05, 0) is 49.4 Å². The maximum absolute atomic E-state index is 12.3. The lowest BCUT2D eigenvalue weighted by molar-refractivity contribution is -0.123. The highest BCUT2D eigenvalue weighted by Crippen LogP contribution is 2.38. The Bertz CT molecular complexity index is 663. The maximum atomic E-state index is 12.3. The summed E-state index contributed by atoms with van der Waals surface area (Å²) in [4.78, 5) is 12.3. The van der Waals surface area contributed by atoms with Crippen molar-refractivity contribution in [3.63, 3.8) is 0 Å². The average molecular weight is 280 g/mol. The molecule has 0 aliphatic heterocycles. The molecule has 2 aromatic carbocycles. The average Bonchev–Trinajstić information content (AvgIpc) is 2.50. The Morgan fingerprint density at radius 3 is 2.57 bits per heavy atom. The monoisotopic (exact) mass is 280 g/mol. The molecule has 21 heavy (non-hydrogen) atoms. The minimum atomic E-state index is -0.801. The van der Waals surface area contributed by atoms with Crippen LogP contribution in [0, 0.1) is 6.92 Å². The molecule has 3 rings (SSSR count). The van der Waals surface area contributed by atoms with E-state index in [1.54, 1.807) is 0 Å². The van der Waals surface area contributed by atoms with Crippen molar-refractivity contribution in [1.29, 1.82) is 0 Å². The van der Waals surface area contributed by atoms with Crippen LogP contribution < -0.4 is 11.1 Å². The number of primary amides is 1. The fraction of sp³-hybridized carbons (Fsp3) is 0.278. The van der Waals surface area contributed by atoms with E-state index in [4.69, 9.17) is 5.73 Å². The Morgan fingerprint density at radius 2 is 1.86 bits per heavy atom. The van der Waals surface area contributed by atoms with Crippen LogP contribution in [0.1, 0.15) is 29.5 Å². The zero-order chi connectivity index (χ0) is 14.9. The van der Waals surface area contributed by atoms with Gasteiger partial charge in [-0.3, -0.25) is 4.79 Å². The first-order chi connectivity index (χ1) is 10.1. The van der Waals surface area contributed by atoms with E-state index in [9.17, 15) is 4.79 Å². The second kappa shape index (κ2) is 5.24. The predicted molar refractivity (Wildman–Crippen MR) is 85.1 cm³/mol. The molecule has 1 amide bonds. The molecular formula is C18H20N2O. The first kappa shape index (κ1) is 13.7. The molecule has 0 fully saturated rings. The normalized spacial score (nSPS) is 20.6. The van der Waals surface area contributed by atoms with Gasteiger partial charge in [-0.15, -0.1) is 0 Å². The summed E-state index contributed by atoms with van der Waals surface area (Å²) in [5.74, 6) is -0.310. The number of rotatable bonds is 3. The first-order valence-corrected chi connectivity index (χ1v) is 7.35. The van der Waals surface area contributed by atoms with Crippen LogP contribution in [0.25, 0.3) is 0 Å². The molecule has 0 bridgehead atoms. The Morgan fingerprint density at radius 1 is 1.14 bits per heavy atom. The number of benzene rings is 2. The van der Waals surface area contributed by atoms with Crippen molar-refractivity contribution in [2.24, 2.45) is 5.73 Å². The third-order valence-corrected chi connectivity index (χ3v) is 4.30. The lowest BCUT2D eigenvalue weighted by atomic mass is 9.75. The van der Waals surface area contributed by atoms with Crippen LogP contribution in [-0.4, -0.2) is 5.91 Å². The van der Waals surface area contributed by atoms with E-state index >= 15 is 0 Å². The number of fused-ring (bicyclic) bond motifs is 1. The van der Waals surface area contributed by atoms with Crippen LogP contribution in [-0.2, 0) is 16.8 Å². The lowest BCUT2D eigenvalue weighted by Gasteiger charge is -2.38. The summed E-state index contributed by atoms with van der Waals surface area (Å²) in [7, 11) is 0. The Balaban J connectivity index is 2.05. The Kier molecular flexibility index (Phi) is 3.42. The number of carbonyl (C=O) groups is 1. The van der Waals surface area contributed by atoms with Crippen LogP contribution in [0.3, 0.4) is 0 Å². The minimum Gasteiger partial charge on any atom is -0.368 e. The van der Waals surface area contributed by atoms with Gasteiger partial charge in [0.15, 0.2) is 0 Å². The molecule has 0 radical (unpaired) electrons. The number of hydrogen-bond acceptors (Lipinski definition) is 2. The quantitative estimate of drug-likeness (QED) is 0.907. The van der Waals surface area contributed by atoms with E-state index in [1.165, 1.54) is 11.1 Å². The van der Waals surface area contributed by atoms with Gasteiger partial charge in [0.05, 0.1) is 0 Å². The van der Waals surface area contributed by atoms with E-state index in [-0.39, 0.29) is 5.91 Å². The highest BCUT2D eigenvalue weighted by atomic mass is 16.1. The molecule has 0 aromatic heterocycles. The summed E-state index contributed by atoms with van der Waals surface area (Å²) in [6, 6.07) is 16.1. The maximum Gasteiger partial charge on any atom is 0.247 e. The molecule has 108 valence electrons. The molecule has 3 nitrogen and oxygen atoms in total. The molecule has 0 saturated heterocycles. The van der Waals surface area contributed by atoms with Crippen molar-refractivity contribution in [2.75, 3.05) is 5.32 Å². The molecule has 1 atom stereocenters. The topological polar surface area (TPSA) is 55.1 Å². The Labute approximate surface area is 125 Å². The van der Waals surface area contributed by atoms with E-state index in [0.29, 0.717) is 0 Å². The van der Waals surface area contributed by atoms with Crippen molar-refractivity contribution in [3.8, 4) is 0 Å². The lowest BCUT2D eigenvalue weighted by Crippen LogP contribution is -2.49. The SMILES string of the molecule is Cc1ccc(NC2(C(N)=O)CCCc3ccccc32)cc1. The van der Waals surface area contributed by atoms with Gasteiger partial charge in [0.2, 0.25) is 5.91 Å². The van der Waals surface area contributed by atoms with Gasteiger partial charge >= 0.3 is 0 Å². The van der Waals surface area contributed by atoms with Gasteiger partial charge < -0.3 is 11.1 Å². The molecule has 1 unspecified atom stereocenters. The standard InChI is InChI=1S/C18H20N2O/c1-13-8-10-15(11-9-13)20-18(17(19)21)12-4-6-14-5-2-3-7-16(14)18/h2-3,5,7-11,20H,4,6,12H2,1H3,(H2,19,21). The highest BCUT2D eigenvalue weighted by Gasteiger charge is 2.41. The van der Waals surface area contributed by atoms with Crippen LogP contribution in [0.4, 0.5) is 5.69 Å². The van der Waals surface area contributed by atoms with Crippen molar-refractivity contribution in [3.05, 3.63) is 65.2 Å². The summed E-state index contributed by atoms with van der Waals surface area (Å²) < 4.78 is 0. The van der Waals surface area contributed by atoms with Crippen molar-refractivity contribution in [2.45, 2.75) is 31.7 Å². The Hall–Kier alpha value is -2.29. The van der Waals surface area contributed by atoms with Crippen LogP contribution >= 0.6 is 0 Å². The molecule has 0 spiro atoms. The van der Waals surface area contributed by atoms with E-state index in [2.05, 4.69) is 11.4 Å². The third-order valence-electron chi connectivity index (χ3n) is 4.30. The molecule has 0 heterocycles. The number of nitrogens with one attached hydrogen (secondary N) is 1. The largest absolute Gasteiger partial charge is 0.368 e. The molecule has 1 aliphatic rings. The molecule has 3 N–H and O–H groups in total. The smallest absolute Gasteiger partial charge is 0.247 e. The van der Waals surface area contributed by atoms with Crippen molar-refractivity contribution in [1.82, 2.24) is 0 Å². The summed E-state index contributed by atoms with van der Waals surface area (Å²) in [6.45, 7) is 2.05. The van der Waals surface area contributed by atoms with Crippen LogP contribution in [0.5, 0.6) is 0 Å². The molecule has 0 saturated carbocycles. The zero-order valence-corrected chi connectivity index (χ0v) is 12.2. The summed E-state index contributed by atoms with van der Waals surface area (Å²) in [6.07, 6.45) is 2.69. The van der Waals surface area contributed by atoms with E-state index in [1.807, 2.05) is 49.4 Å². The molecule has 3 heteroatoms. The predicted octanol–water partition coefficient (Wildman–Crippen LogP) is 3.12. The zero-order valence-electron chi connectivity index (χ0n) is 12.2. The highest BCUT2D eigenvalue weighted by molar-refractivity contribution is 5.90. The van der Waals surface area contributed by atoms with Gasteiger partial charge in [0, 0.05) is 5.69 Å². The number of aryl methyl sites for hydroxylation is 2. The van der Waals surface area contributed by atoms with E-state index < -0.39 is 5.54 Å². The van der Waals surface area contributed by atoms with Gasteiger partial charge in [-0.2, -0.15) is 0 Å². The van der Waals surface area contributed by atoms with Gasteiger partial charge in [-0.1, -0.05) is 42.0 Å². The van der Waals surface area contributed by atoms with Crippen LogP contribution in [0.2, 0.25) is 0 Å². The first-order valence-electron chi connectivity index (χ1n) is 7.35. The summed E-state index contributed by atoms with van der Waals surface area (Å²) >= 11 is 0. The van der Waals surface area contributed by atoms with Crippen molar-refractivity contribution < 1.29 is 4.79 Å². The van der Waals surface area contributed by atoms with Gasteiger partial charge in [0.1, 0.15) is 5.54 Å². The number of carbonyl (C=O) groups excluding carboxylic acids is 1. The molecular weight excluding hydrogens is 260 g/mol. The fourth-order valence-corrected chi connectivity index (χ4v) is 3.16. The molecule has 1 aliphatic carbocycles. The fourth-order valence-electron chi connectivity index (χ4n) is 3.16. The number of hydrogen-bond donors (Lipinski definition) is 2. The molecule has 2 aromatic rings. The number of amides is 1. The van der Waals surface area contributed by atoms with Crippen LogP contribution in [0.15, 0.2) is 48.5 Å². The van der Waals surface area contributed by atoms with Crippen molar-refractivity contribution >= 4 is 11.6 Å². The second-order valence-electron chi connectivity index (χ2n) is 5.77.